The highest BCUT2D eigenvalue weighted by molar-refractivity contribution is 7.12. The molecule has 4 heteroatoms. The second-order valence-electron chi connectivity index (χ2n) is 4.05. The maximum absolute atomic E-state index is 12.2. The van der Waals surface area contributed by atoms with Crippen LogP contribution in [0.5, 0.6) is 0 Å². The summed E-state index contributed by atoms with van der Waals surface area (Å²) in [6, 6.07) is 7.37. The first kappa shape index (κ1) is 13.2. The number of rotatable bonds is 6. The molecule has 0 radical (unpaired) electrons. The number of hydrogen-bond donors (Lipinski definition) is 0. The van der Waals surface area contributed by atoms with Crippen molar-refractivity contribution in [1.82, 2.24) is 0 Å². The van der Waals surface area contributed by atoms with Gasteiger partial charge >= 0.3 is 0 Å². The average Bonchev–Trinajstić information content (AvgIpc) is 3.05. The predicted octanol–water partition coefficient (Wildman–Crippen LogP) is 4.29. The first-order valence-electron chi connectivity index (χ1n) is 5.86. The van der Waals surface area contributed by atoms with Gasteiger partial charge in [0.25, 0.3) is 0 Å². The summed E-state index contributed by atoms with van der Waals surface area (Å²) in [6.45, 7) is 1.96. The van der Waals surface area contributed by atoms with Crippen molar-refractivity contribution in [3.63, 3.8) is 0 Å². The summed E-state index contributed by atoms with van der Waals surface area (Å²) in [5.74, 6) is -0.0302. The molecular weight excluding hydrogens is 264 g/mol. The lowest BCUT2D eigenvalue weighted by molar-refractivity contribution is 0.0853. The van der Waals surface area contributed by atoms with E-state index in [9.17, 15) is 9.59 Å². The molecule has 94 valence electrons. The van der Waals surface area contributed by atoms with Gasteiger partial charge in [0.1, 0.15) is 0 Å². The number of thiophene rings is 2. The van der Waals surface area contributed by atoms with Crippen LogP contribution in [0.4, 0.5) is 0 Å². The van der Waals surface area contributed by atoms with E-state index < -0.39 is 0 Å². The Hall–Kier alpha value is -1.26. The molecular formula is C14H14O2S2. The highest BCUT2D eigenvalue weighted by Gasteiger charge is 2.23. The van der Waals surface area contributed by atoms with Crippen molar-refractivity contribution >= 4 is 34.2 Å². The van der Waals surface area contributed by atoms with E-state index in [0.717, 1.165) is 9.75 Å². The van der Waals surface area contributed by atoms with Crippen LogP contribution >= 0.6 is 22.7 Å². The summed E-state index contributed by atoms with van der Waals surface area (Å²) < 4.78 is 0. The topological polar surface area (TPSA) is 34.1 Å². The highest BCUT2D eigenvalue weighted by Crippen LogP contribution is 2.22. The summed E-state index contributed by atoms with van der Waals surface area (Å²) in [4.78, 5) is 25.7. The van der Waals surface area contributed by atoms with Crippen LogP contribution < -0.4 is 0 Å². The largest absolute Gasteiger partial charge is 0.293 e. The van der Waals surface area contributed by atoms with Crippen molar-refractivity contribution in [1.29, 1.82) is 0 Å². The van der Waals surface area contributed by atoms with Crippen LogP contribution in [0.3, 0.4) is 0 Å². The van der Waals surface area contributed by atoms with Crippen LogP contribution in [0.2, 0.25) is 0 Å². The minimum Gasteiger partial charge on any atom is -0.293 e. The molecule has 1 unspecified atom stereocenters. The number of carbonyl (C=O) groups is 2. The molecule has 2 heterocycles. The third-order valence-electron chi connectivity index (χ3n) is 2.86. The van der Waals surface area contributed by atoms with Crippen molar-refractivity contribution in [2.24, 2.45) is 5.92 Å². The predicted molar refractivity (Wildman–Crippen MR) is 75.7 cm³/mol. The molecule has 0 amide bonds. The lowest BCUT2D eigenvalue weighted by Crippen LogP contribution is -2.17. The van der Waals surface area contributed by atoms with Crippen LogP contribution in [0.15, 0.2) is 35.0 Å². The Kier molecular flexibility index (Phi) is 4.44. The van der Waals surface area contributed by atoms with Crippen molar-refractivity contribution in [2.75, 3.05) is 0 Å². The number of Topliss-reactive ketones (excluding diaryl/α,β-unsaturated/α-hetero) is 2. The van der Waals surface area contributed by atoms with Gasteiger partial charge in [0.15, 0.2) is 11.6 Å². The Bertz CT molecular complexity index is 512. The second-order valence-corrected chi connectivity index (χ2v) is 5.95. The van der Waals surface area contributed by atoms with Crippen molar-refractivity contribution in [3.05, 3.63) is 44.8 Å². The first-order valence-corrected chi connectivity index (χ1v) is 7.62. The summed E-state index contributed by atoms with van der Waals surface area (Å²) in [7, 11) is 0. The molecule has 0 saturated heterocycles. The molecule has 18 heavy (non-hydrogen) atoms. The zero-order chi connectivity index (χ0) is 13.0. The van der Waals surface area contributed by atoms with Crippen LogP contribution in [0, 0.1) is 5.92 Å². The summed E-state index contributed by atoms with van der Waals surface area (Å²) in [5.41, 5.74) is 0. The Labute approximate surface area is 114 Å². The van der Waals surface area contributed by atoms with E-state index in [2.05, 4.69) is 0 Å². The maximum atomic E-state index is 12.2. The minimum atomic E-state index is -0.196. The zero-order valence-electron chi connectivity index (χ0n) is 10.1. The van der Waals surface area contributed by atoms with Crippen LogP contribution in [0.25, 0.3) is 0 Å². The Morgan fingerprint density at radius 2 is 1.72 bits per heavy atom. The second kappa shape index (κ2) is 6.07. The normalized spacial score (nSPS) is 12.3. The van der Waals surface area contributed by atoms with Crippen molar-refractivity contribution in [2.45, 2.75) is 19.8 Å². The molecule has 0 aliphatic heterocycles. The molecule has 2 aromatic rings. The van der Waals surface area contributed by atoms with Crippen molar-refractivity contribution in [3.8, 4) is 0 Å². The Balaban J connectivity index is 2.06. The smallest absolute Gasteiger partial charge is 0.176 e. The van der Waals surface area contributed by atoms with Gasteiger partial charge in [0, 0.05) is 12.3 Å². The molecule has 0 aliphatic rings. The molecule has 0 spiro atoms. The monoisotopic (exact) mass is 278 g/mol. The van der Waals surface area contributed by atoms with Gasteiger partial charge in [-0.3, -0.25) is 9.59 Å². The fourth-order valence-corrected chi connectivity index (χ4v) is 3.22. The van der Waals surface area contributed by atoms with Gasteiger partial charge in [-0.2, -0.15) is 0 Å². The van der Waals surface area contributed by atoms with Gasteiger partial charge in [-0.1, -0.05) is 19.1 Å². The van der Waals surface area contributed by atoms with Gasteiger partial charge in [0.05, 0.1) is 9.75 Å². The average molecular weight is 278 g/mol. The molecule has 0 saturated carbocycles. The van der Waals surface area contributed by atoms with Crippen molar-refractivity contribution < 1.29 is 9.59 Å². The van der Waals surface area contributed by atoms with Crippen LogP contribution in [-0.4, -0.2) is 11.6 Å². The molecule has 0 aliphatic carbocycles. The SMILES string of the molecule is CCC(CC(=O)c1cccs1)C(=O)c1cccs1. The summed E-state index contributed by atoms with van der Waals surface area (Å²) in [5, 5.41) is 3.77. The third-order valence-corrected chi connectivity index (χ3v) is 4.65. The highest BCUT2D eigenvalue weighted by atomic mass is 32.1. The Morgan fingerprint density at radius 1 is 1.11 bits per heavy atom. The molecule has 2 aromatic heterocycles. The van der Waals surface area contributed by atoms with Crippen LogP contribution in [-0.2, 0) is 0 Å². The lowest BCUT2D eigenvalue weighted by Gasteiger charge is -2.11. The third kappa shape index (κ3) is 2.94. The van der Waals surface area contributed by atoms with E-state index in [1.54, 1.807) is 0 Å². The fraction of sp³-hybridized carbons (Fsp3) is 0.286. The number of carbonyl (C=O) groups excluding carboxylic acids is 2. The standard InChI is InChI=1S/C14H14O2S2/c1-2-10(14(16)13-6-4-8-18-13)9-11(15)12-5-3-7-17-12/h3-8,10H,2,9H2,1H3. The van der Waals surface area contributed by atoms with E-state index in [-0.39, 0.29) is 17.5 Å². The van der Waals surface area contributed by atoms with Crippen LogP contribution in [0.1, 0.15) is 39.1 Å². The van der Waals surface area contributed by atoms with E-state index in [4.69, 9.17) is 0 Å². The molecule has 1 atom stereocenters. The number of hydrogen-bond acceptors (Lipinski definition) is 4. The molecule has 2 rings (SSSR count). The van der Waals surface area contributed by atoms with Gasteiger partial charge in [-0.25, -0.2) is 0 Å². The summed E-state index contributed by atoms with van der Waals surface area (Å²) in [6.07, 6.45) is 1.02. The fourth-order valence-electron chi connectivity index (χ4n) is 1.80. The van der Waals surface area contributed by atoms with E-state index in [0.29, 0.717) is 12.8 Å². The quantitative estimate of drug-likeness (QED) is 0.739. The minimum absolute atomic E-state index is 0.0711. The van der Waals surface area contributed by atoms with Gasteiger partial charge in [-0.15, -0.1) is 22.7 Å². The van der Waals surface area contributed by atoms with E-state index >= 15 is 0 Å². The maximum Gasteiger partial charge on any atom is 0.176 e. The van der Waals surface area contributed by atoms with E-state index in [1.807, 2.05) is 41.9 Å². The number of ketones is 2. The lowest BCUT2D eigenvalue weighted by atomic mass is 9.93. The van der Waals surface area contributed by atoms with E-state index in [1.165, 1.54) is 22.7 Å². The zero-order valence-corrected chi connectivity index (χ0v) is 11.7. The molecule has 0 N–H and O–H groups in total. The summed E-state index contributed by atoms with van der Waals surface area (Å²) >= 11 is 2.88. The van der Waals surface area contributed by atoms with Gasteiger partial charge in [0.2, 0.25) is 0 Å². The van der Waals surface area contributed by atoms with Gasteiger partial charge in [-0.05, 0) is 29.3 Å². The molecule has 0 aromatic carbocycles. The van der Waals surface area contributed by atoms with Gasteiger partial charge < -0.3 is 0 Å². The molecule has 0 bridgehead atoms. The molecule has 0 fully saturated rings. The Morgan fingerprint density at radius 3 is 2.22 bits per heavy atom. The molecule has 2 nitrogen and oxygen atoms in total. The first-order chi connectivity index (χ1) is 8.72.